The molecule has 4 heterocycles. The normalized spacial score (nSPS) is 18.0. The Bertz CT molecular complexity index is 938. The molecule has 0 bridgehead atoms. The summed E-state index contributed by atoms with van der Waals surface area (Å²) in [6.45, 7) is 2.21. The first-order chi connectivity index (χ1) is 13.0. The van der Waals surface area contributed by atoms with E-state index in [-0.39, 0.29) is 29.8 Å². The van der Waals surface area contributed by atoms with Crippen LogP contribution in [-0.2, 0) is 10.9 Å². The number of rotatable bonds is 4. The van der Waals surface area contributed by atoms with E-state index in [1.165, 1.54) is 6.07 Å². The molecule has 0 amide bonds. The zero-order valence-corrected chi connectivity index (χ0v) is 14.1. The number of halogens is 3. The molecule has 0 saturated carbocycles. The average molecular weight is 379 g/mol. The molecule has 1 fully saturated rings. The largest absolute Gasteiger partial charge is 0.474 e. The molecule has 2 N–H and O–H groups in total. The molecule has 142 valence electrons. The second-order valence-corrected chi connectivity index (χ2v) is 6.05. The lowest BCUT2D eigenvalue weighted by atomic mass is 10.1. The summed E-state index contributed by atoms with van der Waals surface area (Å²) in [5, 5.41) is 9.31. The predicted molar refractivity (Wildman–Crippen MR) is 90.2 cm³/mol. The lowest BCUT2D eigenvalue weighted by Gasteiger charge is -2.23. The quantitative estimate of drug-likeness (QED) is 0.724. The number of morpholine rings is 1. The molecule has 1 aliphatic rings. The van der Waals surface area contributed by atoms with Crippen molar-refractivity contribution < 1.29 is 22.6 Å². The van der Waals surface area contributed by atoms with Crippen LogP contribution >= 0.6 is 0 Å². The molecule has 1 saturated heterocycles. The van der Waals surface area contributed by atoms with Crippen LogP contribution in [0, 0.1) is 0 Å². The van der Waals surface area contributed by atoms with Gasteiger partial charge in [0.1, 0.15) is 18.4 Å². The van der Waals surface area contributed by atoms with Crippen molar-refractivity contribution in [2.24, 2.45) is 0 Å². The fourth-order valence-corrected chi connectivity index (χ4v) is 2.89. The van der Waals surface area contributed by atoms with Crippen LogP contribution in [0.15, 0.2) is 30.6 Å². The van der Waals surface area contributed by atoms with E-state index in [0.29, 0.717) is 24.1 Å². The molecular weight excluding hydrogens is 363 g/mol. The van der Waals surface area contributed by atoms with Gasteiger partial charge in [-0.3, -0.25) is 10.1 Å². The highest BCUT2D eigenvalue weighted by Gasteiger charge is 2.36. The van der Waals surface area contributed by atoms with Gasteiger partial charge in [0.2, 0.25) is 5.88 Å². The minimum absolute atomic E-state index is 0.0833. The van der Waals surface area contributed by atoms with Crippen LogP contribution in [0.4, 0.5) is 13.2 Å². The number of hydrogen-bond donors (Lipinski definition) is 2. The number of aromatic amines is 1. The van der Waals surface area contributed by atoms with Crippen molar-refractivity contribution in [1.82, 2.24) is 25.5 Å². The second kappa shape index (κ2) is 7.12. The van der Waals surface area contributed by atoms with E-state index in [4.69, 9.17) is 9.47 Å². The van der Waals surface area contributed by atoms with Gasteiger partial charge in [-0.2, -0.15) is 18.3 Å². The third kappa shape index (κ3) is 3.71. The number of aromatic nitrogens is 4. The van der Waals surface area contributed by atoms with Gasteiger partial charge in [0.25, 0.3) is 0 Å². The van der Waals surface area contributed by atoms with E-state index in [1.54, 1.807) is 18.3 Å². The summed E-state index contributed by atoms with van der Waals surface area (Å²) >= 11 is 0. The number of hydrogen-bond acceptors (Lipinski definition) is 6. The van der Waals surface area contributed by atoms with Crippen molar-refractivity contribution in [2.45, 2.75) is 12.3 Å². The predicted octanol–water partition coefficient (Wildman–Crippen LogP) is 2.41. The molecule has 3 aromatic rings. The number of nitrogens with one attached hydrogen (secondary N) is 2. The fourth-order valence-electron chi connectivity index (χ4n) is 2.89. The summed E-state index contributed by atoms with van der Waals surface area (Å²) < 4.78 is 51.0. The highest BCUT2D eigenvalue weighted by atomic mass is 19.4. The van der Waals surface area contributed by atoms with E-state index < -0.39 is 11.9 Å². The van der Waals surface area contributed by atoms with Crippen LogP contribution in [-0.4, -0.2) is 52.6 Å². The minimum Gasteiger partial charge on any atom is -0.474 e. The van der Waals surface area contributed by atoms with Crippen LogP contribution in [0.25, 0.3) is 22.2 Å². The molecule has 10 heteroatoms. The van der Waals surface area contributed by atoms with Crippen molar-refractivity contribution in [3.63, 3.8) is 0 Å². The van der Waals surface area contributed by atoms with Gasteiger partial charge in [0, 0.05) is 19.3 Å². The molecule has 7 nitrogen and oxygen atoms in total. The molecule has 1 atom stereocenters. The maximum Gasteiger partial charge on any atom is 0.433 e. The van der Waals surface area contributed by atoms with Gasteiger partial charge >= 0.3 is 6.18 Å². The Morgan fingerprint density at radius 3 is 3.00 bits per heavy atom. The van der Waals surface area contributed by atoms with Gasteiger partial charge in [0.05, 0.1) is 35.0 Å². The number of fused-ring (bicyclic) bond motifs is 1. The van der Waals surface area contributed by atoms with Crippen LogP contribution in [0.5, 0.6) is 5.88 Å². The lowest BCUT2D eigenvalue weighted by Crippen LogP contribution is -2.41. The third-order valence-electron chi connectivity index (χ3n) is 4.17. The molecule has 3 aromatic heterocycles. The SMILES string of the molecule is FC(F)(F)c1[nH]ncc1-c1cc2ncccc2c(OC[C@@H]2CNCCO2)n1. The molecule has 0 spiro atoms. The average Bonchev–Trinajstić information content (AvgIpc) is 3.17. The zero-order valence-electron chi connectivity index (χ0n) is 14.1. The topological polar surface area (TPSA) is 85.0 Å². The van der Waals surface area contributed by atoms with Crippen LogP contribution in [0.3, 0.4) is 0 Å². The van der Waals surface area contributed by atoms with Crippen molar-refractivity contribution in [2.75, 3.05) is 26.3 Å². The Hall–Kier alpha value is -2.72. The Morgan fingerprint density at radius 2 is 2.22 bits per heavy atom. The van der Waals surface area contributed by atoms with Crippen LogP contribution < -0.4 is 10.1 Å². The first-order valence-electron chi connectivity index (χ1n) is 8.34. The van der Waals surface area contributed by atoms with Gasteiger partial charge in [-0.05, 0) is 18.2 Å². The second-order valence-electron chi connectivity index (χ2n) is 6.05. The smallest absolute Gasteiger partial charge is 0.433 e. The number of H-pyrrole nitrogens is 1. The van der Waals surface area contributed by atoms with E-state index in [2.05, 4.69) is 20.4 Å². The highest BCUT2D eigenvalue weighted by Crippen LogP contribution is 2.36. The molecule has 4 rings (SSSR count). The summed E-state index contributed by atoms with van der Waals surface area (Å²) in [5.41, 5.74) is -0.555. The molecule has 0 aliphatic carbocycles. The van der Waals surface area contributed by atoms with E-state index in [0.717, 1.165) is 12.7 Å². The summed E-state index contributed by atoms with van der Waals surface area (Å²) in [5.74, 6) is 0.207. The van der Waals surface area contributed by atoms with Gasteiger partial charge in [0.15, 0.2) is 0 Å². The molecule has 1 aliphatic heterocycles. The van der Waals surface area contributed by atoms with Crippen LogP contribution in [0.2, 0.25) is 0 Å². The standard InChI is InChI=1S/C17H16F3N5O2/c18-17(19,20)15-12(8-23-25-15)14-6-13-11(2-1-3-22-13)16(24-14)27-9-10-7-21-4-5-26-10/h1-3,6,8,10,21H,4-5,7,9H2,(H,23,25)/t10-/m0/s1. The van der Waals surface area contributed by atoms with E-state index in [1.807, 2.05) is 5.10 Å². The fraction of sp³-hybridized carbons (Fsp3) is 0.353. The summed E-state index contributed by atoms with van der Waals surface area (Å²) in [6.07, 6.45) is -2.08. The van der Waals surface area contributed by atoms with Gasteiger partial charge in [-0.25, -0.2) is 4.98 Å². The number of alkyl halides is 3. The van der Waals surface area contributed by atoms with Gasteiger partial charge < -0.3 is 14.8 Å². The molecule has 0 radical (unpaired) electrons. The summed E-state index contributed by atoms with van der Waals surface area (Å²) in [7, 11) is 0. The van der Waals surface area contributed by atoms with Crippen molar-refractivity contribution in [3.8, 4) is 17.1 Å². The van der Waals surface area contributed by atoms with Crippen molar-refractivity contribution >= 4 is 10.9 Å². The van der Waals surface area contributed by atoms with Gasteiger partial charge in [-0.15, -0.1) is 0 Å². The number of nitrogens with zero attached hydrogens (tertiary/aromatic N) is 3. The lowest BCUT2D eigenvalue weighted by molar-refractivity contribution is -0.140. The molecule has 0 unspecified atom stereocenters. The summed E-state index contributed by atoms with van der Waals surface area (Å²) in [6, 6.07) is 4.96. The van der Waals surface area contributed by atoms with Gasteiger partial charge in [-0.1, -0.05) is 0 Å². The van der Waals surface area contributed by atoms with E-state index in [9.17, 15) is 13.2 Å². The molecule has 0 aromatic carbocycles. The number of ether oxygens (including phenoxy) is 2. The monoisotopic (exact) mass is 379 g/mol. The third-order valence-corrected chi connectivity index (χ3v) is 4.17. The zero-order chi connectivity index (χ0) is 18.9. The van der Waals surface area contributed by atoms with Crippen molar-refractivity contribution in [1.29, 1.82) is 0 Å². The first-order valence-corrected chi connectivity index (χ1v) is 8.34. The number of pyridine rings is 2. The maximum absolute atomic E-state index is 13.2. The summed E-state index contributed by atoms with van der Waals surface area (Å²) in [4.78, 5) is 8.53. The Kier molecular flexibility index (Phi) is 4.66. The Balaban J connectivity index is 1.71. The highest BCUT2D eigenvalue weighted by molar-refractivity contribution is 5.87. The van der Waals surface area contributed by atoms with Crippen LogP contribution in [0.1, 0.15) is 5.69 Å². The Morgan fingerprint density at radius 1 is 1.33 bits per heavy atom. The Labute approximate surface area is 151 Å². The van der Waals surface area contributed by atoms with E-state index >= 15 is 0 Å². The molecule has 27 heavy (non-hydrogen) atoms. The minimum atomic E-state index is -4.57. The maximum atomic E-state index is 13.2. The first kappa shape index (κ1) is 17.7. The van der Waals surface area contributed by atoms with Crippen molar-refractivity contribution in [3.05, 3.63) is 36.3 Å². The molecular formula is C17H16F3N5O2.